The van der Waals surface area contributed by atoms with E-state index in [1.165, 1.54) is 31.5 Å². The van der Waals surface area contributed by atoms with Crippen LogP contribution in [0.5, 0.6) is 0 Å². The number of nitrogens with one attached hydrogen (secondary N) is 1. The van der Waals surface area contributed by atoms with E-state index < -0.39 is 10.0 Å². The fourth-order valence-corrected chi connectivity index (χ4v) is 5.44. The molecule has 0 aromatic carbocycles. The summed E-state index contributed by atoms with van der Waals surface area (Å²) in [6.07, 6.45) is 7.63. The minimum Gasteiger partial charge on any atom is -0.311 e. The Hall–Kier alpha value is -0.990. The van der Waals surface area contributed by atoms with Crippen molar-refractivity contribution in [3.63, 3.8) is 0 Å². The molecular weight excluding hydrogens is 326 g/mol. The molecule has 0 amide bonds. The summed E-state index contributed by atoms with van der Waals surface area (Å²) >= 11 is 0. The molecule has 3 saturated carbocycles. The summed E-state index contributed by atoms with van der Waals surface area (Å²) in [5.41, 5.74) is 0. The van der Waals surface area contributed by atoms with Crippen LogP contribution in [-0.4, -0.2) is 52.5 Å². The van der Waals surface area contributed by atoms with Gasteiger partial charge < -0.3 is 4.57 Å². The minimum atomic E-state index is -3.17. The molecular formula is C16H25N5O2S. The number of likely N-dealkylation sites (tertiary alicyclic amines) is 1. The van der Waals surface area contributed by atoms with Gasteiger partial charge in [-0.2, -0.15) is 0 Å². The molecule has 1 aromatic rings. The topological polar surface area (TPSA) is 80.1 Å². The molecule has 1 atom stereocenters. The highest BCUT2D eigenvalue weighted by Gasteiger charge is 2.39. The van der Waals surface area contributed by atoms with E-state index in [4.69, 9.17) is 0 Å². The molecule has 8 heteroatoms. The lowest BCUT2D eigenvalue weighted by Crippen LogP contribution is -2.37. The van der Waals surface area contributed by atoms with Gasteiger partial charge in [-0.25, -0.2) is 13.1 Å². The number of sulfonamides is 1. The molecule has 1 aliphatic heterocycles. The van der Waals surface area contributed by atoms with Crippen LogP contribution in [0, 0.1) is 0 Å². The van der Waals surface area contributed by atoms with Crippen molar-refractivity contribution in [3.05, 3.63) is 11.6 Å². The zero-order chi connectivity index (χ0) is 16.3. The average molecular weight is 351 g/mol. The van der Waals surface area contributed by atoms with Gasteiger partial charge in [0.1, 0.15) is 11.6 Å². The molecule has 4 aliphatic rings. The third-order valence-corrected chi connectivity index (χ3v) is 7.51. The van der Waals surface area contributed by atoms with E-state index >= 15 is 0 Å². The Morgan fingerprint density at radius 2 is 1.83 bits per heavy atom. The van der Waals surface area contributed by atoms with E-state index in [2.05, 4.69) is 24.4 Å². The first kappa shape index (κ1) is 15.3. The van der Waals surface area contributed by atoms with Crippen LogP contribution < -0.4 is 4.72 Å². The molecule has 3 aliphatic carbocycles. The van der Waals surface area contributed by atoms with Gasteiger partial charge in [-0.15, -0.1) is 10.2 Å². The van der Waals surface area contributed by atoms with Crippen molar-refractivity contribution in [2.45, 2.75) is 74.7 Å². The van der Waals surface area contributed by atoms with E-state index in [1.54, 1.807) is 0 Å². The Kier molecular flexibility index (Phi) is 3.50. The molecule has 24 heavy (non-hydrogen) atoms. The van der Waals surface area contributed by atoms with Gasteiger partial charge in [0.05, 0.1) is 11.8 Å². The van der Waals surface area contributed by atoms with Crippen molar-refractivity contribution in [3.8, 4) is 0 Å². The first-order valence-electron chi connectivity index (χ1n) is 9.27. The van der Waals surface area contributed by atoms with Crippen LogP contribution in [0.4, 0.5) is 0 Å². The van der Waals surface area contributed by atoms with E-state index in [-0.39, 0.29) is 11.3 Å². The van der Waals surface area contributed by atoms with E-state index in [9.17, 15) is 8.42 Å². The molecule has 5 rings (SSSR count). The molecule has 1 saturated heterocycles. The number of nitrogens with zero attached hydrogens (tertiary/aromatic N) is 4. The second kappa shape index (κ2) is 5.51. The third-order valence-electron chi connectivity index (χ3n) is 5.59. The van der Waals surface area contributed by atoms with Gasteiger partial charge in [-0.05, 0) is 44.9 Å². The second-order valence-electron chi connectivity index (χ2n) is 7.93. The Labute approximate surface area is 142 Å². The molecule has 7 nitrogen and oxygen atoms in total. The number of aromatic nitrogens is 3. The quantitative estimate of drug-likeness (QED) is 0.797. The van der Waals surface area contributed by atoms with Crippen LogP contribution in [0.2, 0.25) is 0 Å². The monoisotopic (exact) mass is 351 g/mol. The maximum Gasteiger partial charge on any atom is 0.216 e. The molecule has 0 bridgehead atoms. The third kappa shape index (κ3) is 2.99. The van der Waals surface area contributed by atoms with Gasteiger partial charge in [0, 0.05) is 31.1 Å². The second-order valence-corrected chi connectivity index (χ2v) is 9.93. The highest BCUT2D eigenvalue weighted by molar-refractivity contribution is 7.90. The Balaban J connectivity index is 1.27. The van der Waals surface area contributed by atoms with Gasteiger partial charge in [0.25, 0.3) is 0 Å². The molecule has 0 spiro atoms. The zero-order valence-corrected chi connectivity index (χ0v) is 14.7. The van der Waals surface area contributed by atoms with Crippen LogP contribution in [-0.2, 0) is 16.6 Å². The van der Waals surface area contributed by atoms with Crippen LogP contribution in [0.15, 0.2) is 0 Å². The highest BCUT2D eigenvalue weighted by atomic mass is 32.2. The normalized spacial score (nSPS) is 28.6. The lowest BCUT2D eigenvalue weighted by Gasteiger charge is -2.17. The SMILES string of the molecule is O=S(=O)(NC1CC1)C1CCN(Cc2nnc(C3CC3)n2C2CC2)C1. The number of rotatable bonds is 7. The van der Waals surface area contributed by atoms with Crippen molar-refractivity contribution in [1.82, 2.24) is 24.4 Å². The van der Waals surface area contributed by atoms with Gasteiger partial charge in [0.2, 0.25) is 10.0 Å². The fourth-order valence-electron chi connectivity index (χ4n) is 3.72. The average Bonchev–Trinajstić information content (AvgIpc) is 3.43. The predicted molar refractivity (Wildman–Crippen MR) is 89.0 cm³/mol. The molecule has 132 valence electrons. The van der Waals surface area contributed by atoms with Crippen LogP contribution in [0.25, 0.3) is 0 Å². The summed E-state index contributed by atoms with van der Waals surface area (Å²) in [7, 11) is -3.17. The largest absolute Gasteiger partial charge is 0.311 e. The number of hydrogen-bond donors (Lipinski definition) is 1. The van der Waals surface area contributed by atoms with E-state index in [1.807, 2.05) is 0 Å². The minimum absolute atomic E-state index is 0.197. The lowest BCUT2D eigenvalue weighted by atomic mass is 10.3. The predicted octanol–water partition coefficient (Wildman–Crippen LogP) is 1.15. The summed E-state index contributed by atoms with van der Waals surface area (Å²) in [4.78, 5) is 2.23. The fraction of sp³-hybridized carbons (Fsp3) is 0.875. The maximum atomic E-state index is 12.4. The summed E-state index contributed by atoms with van der Waals surface area (Å²) in [5, 5.41) is 8.63. The van der Waals surface area contributed by atoms with Gasteiger partial charge in [-0.3, -0.25) is 4.90 Å². The standard InChI is InChI=1S/C16H25N5O2S/c22-24(23,19-12-3-4-12)14-7-8-20(9-14)10-15-17-18-16(11-1-2-11)21(15)13-5-6-13/h11-14,19H,1-10H2. The van der Waals surface area contributed by atoms with Gasteiger partial charge >= 0.3 is 0 Å². The Bertz CT molecular complexity index is 734. The van der Waals surface area contributed by atoms with E-state index in [0.29, 0.717) is 18.5 Å². The first-order chi connectivity index (χ1) is 11.6. The highest BCUT2D eigenvalue weighted by Crippen LogP contribution is 2.44. The van der Waals surface area contributed by atoms with Crippen molar-refractivity contribution < 1.29 is 8.42 Å². The molecule has 1 N–H and O–H groups in total. The summed E-state index contributed by atoms with van der Waals surface area (Å²) in [5.74, 6) is 2.82. The van der Waals surface area contributed by atoms with Gasteiger partial charge in [0.15, 0.2) is 0 Å². The lowest BCUT2D eigenvalue weighted by molar-refractivity contribution is 0.315. The van der Waals surface area contributed by atoms with Gasteiger partial charge in [-0.1, -0.05) is 0 Å². The van der Waals surface area contributed by atoms with E-state index in [0.717, 1.165) is 38.2 Å². The van der Waals surface area contributed by atoms with Crippen molar-refractivity contribution in [2.75, 3.05) is 13.1 Å². The van der Waals surface area contributed by atoms with Crippen LogP contribution >= 0.6 is 0 Å². The van der Waals surface area contributed by atoms with Crippen LogP contribution in [0.3, 0.4) is 0 Å². The molecule has 4 fully saturated rings. The molecule has 2 heterocycles. The Morgan fingerprint density at radius 1 is 1.04 bits per heavy atom. The van der Waals surface area contributed by atoms with Crippen molar-refractivity contribution in [2.24, 2.45) is 0 Å². The summed E-state index contributed by atoms with van der Waals surface area (Å²) < 4.78 is 30.0. The molecule has 1 aromatic heterocycles. The van der Waals surface area contributed by atoms with Crippen molar-refractivity contribution >= 4 is 10.0 Å². The summed E-state index contributed by atoms with van der Waals surface area (Å²) in [6, 6.07) is 0.785. The molecule has 1 unspecified atom stereocenters. The van der Waals surface area contributed by atoms with Crippen LogP contribution in [0.1, 0.15) is 68.6 Å². The smallest absolute Gasteiger partial charge is 0.216 e. The first-order valence-corrected chi connectivity index (χ1v) is 10.8. The summed E-state index contributed by atoms with van der Waals surface area (Å²) in [6.45, 7) is 2.16. The van der Waals surface area contributed by atoms with Crippen molar-refractivity contribution in [1.29, 1.82) is 0 Å². The molecule has 0 radical (unpaired) electrons. The Morgan fingerprint density at radius 3 is 2.50 bits per heavy atom. The maximum absolute atomic E-state index is 12.4. The zero-order valence-electron chi connectivity index (χ0n) is 13.9. The number of hydrogen-bond acceptors (Lipinski definition) is 5.